The summed E-state index contributed by atoms with van der Waals surface area (Å²) in [5.74, 6) is -0.101. The van der Waals surface area contributed by atoms with Crippen LogP contribution in [0.1, 0.15) is 25.3 Å². The number of imide groups is 1. The molecule has 1 aromatic rings. The molecule has 3 rings (SSSR count). The highest BCUT2D eigenvalue weighted by Gasteiger charge is 2.36. The number of nitrogens with one attached hydrogen (secondary N) is 2. The molecule has 2 heterocycles. The minimum atomic E-state index is -0.574. The van der Waals surface area contributed by atoms with Crippen molar-refractivity contribution in [2.24, 2.45) is 0 Å². The predicted octanol–water partition coefficient (Wildman–Crippen LogP) is 1.03. The summed E-state index contributed by atoms with van der Waals surface area (Å²) in [6.07, 6.45) is 1.81. The molecule has 8 nitrogen and oxygen atoms in total. The Morgan fingerprint density at radius 3 is 2.89 bits per heavy atom. The van der Waals surface area contributed by atoms with Gasteiger partial charge in [-0.2, -0.15) is 0 Å². The van der Waals surface area contributed by atoms with E-state index in [1.165, 1.54) is 13.2 Å². The van der Waals surface area contributed by atoms with Crippen LogP contribution in [0.25, 0.3) is 0 Å². The molecule has 2 N–H and O–H groups in total. The van der Waals surface area contributed by atoms with Gasteiger partial charge in [-0.3, -0.25) is 14.9 Å². The van der Waals surface area contributed by atoms with Crippen molar-refractivity contribution in [3.63, 3.8) is 0 Å². The molecule has 2 atom stereocenters. The molecular weight excluding hydrogens is 367 g/mol. The fourth-order valence-electron chi connectivity index (χ4n) is 3.89. The average Bonchev–Trinajstić information content (AvgIpc) is 3.01. The lowest BCUT2D eigenvalue weighted by molar-refractivity contribution is -0.132. The van der Waals surface area contributed by atoms with Crippen LogP contribution in [0.15, 0.2) is 12.1 Å². The molecule has 0 bridgehead atoms. The third kappa shape index (κ3) is 4.18. The Hall–Kier alpha value is -2.84. The number of piperazine rings is 1. The smallest absolute Gasteiger partial charge is 0.321 e. The zero-order valence-electron chi connectivity index (χ0n) is 16.0. The van der Waals surface area contributed by atoms with Gasteiger partial charge >= 0.3 is 6.03 Å². The highest BCUT2D eigenvalue weighted by molar-refractivity contribution is 5.84. The summed E-state index contributed by atoms with van der Waals surface area (Å²) >= 11 is 0. The van der Waals surface area contributed by atoms with E-state index < -0.39 is 6.03 Å². The fraction of sp³-hybridized carbons (Fsp3) is 0.526. The summed E-state index contributed by atoms with van der Waals surface area (Å²) in [5, 5.41) is 4.60. The van der Waals surface area contributed by atoms with E-state index in [1.807, 2.05) is 10.2 Å². The van der Waals surface area contributed by atoms with Crippen LogP contribution in [0, 0.1) is 5.82 Å². The lowest BCUT2D eigenvalue weighted by Gasteiger charge is -2.39. The van der Waals surface area contributed by atoms with Gasteiger partial charge in [-0.05, 0) is 31.4 Å². The van der Waals surface area contributed by atoms with Gasteiger partial charge in [0.05, 0.1) is 13.2 Å². The maximum absolute atomic E-state index is 14.0. The maximum Gasteiger partial charge on any atom is 0.321 e. The largest absolute Gasteiger partial charge is 0.494 e. The van der Waals surface area contributed by atoms with Gasteiger partial charge in [0.1, 0.15) is 0 Å². The number of hydrogen-bond donors (Lipinski definition) is 2. The molecule has 1 fully saturated rings. The first-order valence-corrected chi connectivity index (χ1v) is 9.34. The van der Waals surface area contributed by atoms with E-state index in [0.717, 1.165) is 11.3 Å². The number of carbonyl (C=O) groups excluding carboxylic acids is 3. The monoisotopic (exact) mass is 392 g/mol. The molecule has 0 saturated carbocycles. The lowest BCUT2D eigenvalue weighted by Crippen LogP contribution is -2.53. The Labute approximate surface area is 163 Å². The summed E-state index contributed by atoms with van der Waals surface area (Å²) in [5.41, 5.74) is 1.92. The van der Waals surface area contributed by atoms with Gasteiger partial charge in [0.2, 0.25) is 12.3 Å². The van der Waals surface area contributed by atoms with Crippen LogP contribution in [-0.4, -0.2) is 62.1 Å². The van der Waals surface area contributed by atoms with Crippen molar-refractivity contribution in [1.29, 1.82) is 0 Å². The topological polar surface area (TPSA) is 91.0 Å². The normalized spacial score (nSPS) is 18.8. The van der Waals surface area contributed by atoms with Crippen LogP contribution in [0.3, 0.4) is 0 Å². The third-order valence-corrected chi connectivity index (χ3v) is 5.31. The highest BCUT2D eigenvalue weighted by Crippen LogP contribution is 2.38. The van der Waals surface area contributed by atoms with Crippen LogP contribution in [0.4, 0.5) is 14.9 Å². The second-order valence-electron chi connectivity index (χ2n) is 7.18. The van der Waals surface area contributed by atoms with Crippen molar-refractivity contribution >= 4 is 24.0 Å². The summed E-state index contributed by atoms with van der Waals surface area (Å²) < 4.78 is 19.1. The highest BCUT2D eigenvalue weighted by atomic mass is 19.1. The number of halogens is 1. The quantitative estimate of drug-likeness (QED) is 0.706. The molecule has 2 unspecified atom stereocenters. The van der Waals surface area contributed by atoms with Gasteiger partial charge in [0.15, 0.2) is 11.6 Å². The molecule has 1 aromatic carbocycles. The lowest BCUT2D eigenvalue weighted by atomic mass is 10.1. The van der Waals surface area contributed by atoms with Gasteiger partial charge < -0.3 is 19.9 Å². The van der Waals surface area contributed by atoms with E-state index in [1.54, 1.807) is 13.0 Å². The van der Waals surface area contributed by atoms with Gasteiger partial charge in [-0.25, -0.2) is 9.18 Å². The van der Waals surface area contributed by atoms with Gasteiger partial charge in [0.25, 0.3) is 0 Å². The number of rotatable bonds is 6. The summed E-state index contributed by atoms with van der Waals surface area (Å²) in [6.45, 7) is 3.66. The van der Waals surface area contributed by atoms with E-state index in [-0.39, 0.29) is 29.6 Å². The van der Waals surface area contributed by atoms with Gasteiger partial charge in [-0.1, -0.05) is 0 Å². The van der Waals surface area contributed by atoms with Crippen molar-refractivity contribution in [3.05, 3.63) is 23.5 Å². The summed E-state index contributed by atoms with van der Waals surface area (Å²) in [4.78, 5) is 38.2. The second kappa shape index (κ2) is 8.45. The molecule has 2 aliphatic heterocycles. The molecule has 28 heavy (non-hydrogen) atoms. The van der Waals surface area contributed by atoms with E-state index in [4.69, 9.17) is 4.74 Å². The number of fused-ring (bicyclic) bond motifs is 3. The average molecular weight is 392 g/mol. The van der Waals surface area contributed by atoms with Crippen LogP contribution >= 0.6 is 0 Å². The van der Waals surface area contributed by atoms with Gasteiger partial charge in [-0.15, -0.1) is 0 Å². The minimum absolute atomic E-state index is 0.0313. The third-order valence-electron chi connectivity index (χ3n) is 5.31. The summed E-state index contributed by atoms with van der Waals surface area (Å²) in [7, 11) is 1.45. The number of carbonyl (C=O) groups is 3. The number of hydrogen-bond acceptors (Lipinski definition) is 5. The number of amides is 4. The Morgan fingerprint density at radius 2 is 2.18 bits per heavy atom. The molecule has 4 amide bonds. The minimum Gasteiger partial charge on any atom is -0.494 e. The van der Waals surface area contributed by atoms with Crippen molar-refractivity contribution in [2.75, 3.05) is 31.6 Å². The number of urea groups is 1. The van der Waals surface area contributed by atoms with Gasteiger partial charge in [0, 0.05) is 43.9 Å². The first-order chi connectivity index (χ1) is 13.4. The molecule has 0 aliphatic carbocycles. The van der Waals surface area contributed by atoms with Crippen LogP contribution < -0.4 is 20.3 Å². The Bertz CT molecular complexity index is 773. The van der Waals surface area contributed by atoms with Crippen LogP contribution in [-0.2, 0) is 16.0 Å². The predicted molar refractivity (Wildman–Crippen MR) is 101 cm³/mol. The number of nitrogens with zero attached hydrogens (tertiary/aromatic N) is 2. The fourth-order valence-corrected chi connectivity index (χ4v) is 3.89. The molecule has 1 saturated heterocycles. The Kier molecular flexibility index (Phi) is 6.01. The number of methoxy groups -OCH3 is 1. The molecule has 0 aromatic heterocycles. The number of benzene rings is 1. The first kappa shape index (κ1) is 19.9. The van der Waals surface area contributed by atoms with Crippen LogP contribution in [0.2, 0.25) is 0 Å². The van der Waals surface area contributed by atoms with Crippen molar-refractivity contribution in [2.45, 2.75) is 38.3 Å². The first-order valence-electron chi connectivity index (χ1n) is 9.34. The second-order valence-corrected chi connectivity index (χ2v) is 7.18. The Morgan fingerprint density at radius 1 is 1.39 bits per heavy atom. The van der Waals surface area contributed by atoms with Crippen molar-refractivity contribution in [1.82, 2.24) is 15.5 Å². The van der Waals surface area contributed by atoms with E-state index in [2.05, 4.69) is 10.2 Å². The zero-order valence-corrected chi connectivity index (χ0v) is 16.0. The van der Waals surface area contributed by atoms with E-state index in [9.17, 15) is 18.8 Å². The van der Waals surface area contributed by atoms with E-state index in [0.29, 0.717) is 45.3 Å². The molecule has 9 heteroatoms. The standard InChI is InChI=1S/C19H25FN4O4/c1-12(22-19(27)21-11-25)3-4-18(26)23-5-6-24-14(10-23)7-13-8-15(20)17(28-2)9-16(13)24/h8-9,11-12,14H,3-7,10H2,1-2H3,(H2,21,22,25,27). The molecule has 0 radical (unpaired) electrons. The van der Waals surface area contributed by atoms with Crippen molar-refractivity contribution < 1.29 is 23.5 Å². The Balaban J connectivity index is 1.53. The van der Waals surface area contributed by atoms with Crippen molar-refractivity contribution in [3.8, 4) is 5.75 Å². The summed E-state index contributed by atoms with van der Waals surface area (Å²) in [6, 6.07) is 2.59. The van der Waals surface area contributed by atoms with Crippen LogP contribution in [0.5, 0.6) is 5.75 Å². The maximum atomic E-state index is 14.0. The zero-order chi connectivity index (χ0) is 20.3. The molecule has 2 aliphatic rings. The molecule has 0 spiro atoms. The molecule has 152 valence electrons. The number of anilines is 1. The molecular formula is C19H25FN4O4. The van der Waals surface area contributed by atoms with E-state index >= 15 is 0 Å². The number of ether oxygens (including phenoxy) is 1. The SMILES string of the molecule is COc1cc2c(cc1F)CC1CN(C(=O)CCC(C)NC(=O)NC=O)CCN21.